The molecule has 0 fully saturated rings. The zero-order valence-electron chi connectivity index (χ0n) is 6.38. The highest BCUT2D eigenvalue weighted by molar-refractivity contribution is 5.31. The number of benzene rings is 1. The van der Waals surface area contributed by atoms with Crippen molar-refractivity contribution in [3.63, 3.8) is 0 Å². The van der Waals surface area contributed by atoms with E-state index in [1.165, 1.54) is 5.56 Å². The summed E-state index contributed by atoms with van der Waals surface area (Å²) in [5.41, 5.74) is 1.97. The van der Waals surface area contributed by atoms with E-state index in [4.69, 9.17) is 5.26 Å². The van der Waals surface area contributed by atoms with E-state index in [1.807, 2.05) is 24.3 Å². The third-order valence-electron chi connectivity index (χ3n) is 1.55. The maximum absolute atomic E-state index is 8.50. The Balaban J connectivity index is 2.76. The first-order chi connectivity index (χ1) is 5.36. The fourth-order valence-corrected chi connectivity index (χ4v) is 0.950. The van der Waals surface area contributed by atoms with E-state index in [0.29, 0.717) is 0 Å². The topological polar surface area (TPSA) is 23.8 Å². The molecular weight excluding hydrogens is 134 g/mol. The summed E-state index contributed by atoms with van der Waals surface area (Å²) < 4.78 is 0. The Bertz CT molecular complexity index is 253. The van der Waals surface area contributed by atoms with Crippen molar-refractivity contribution in [2.45, 2.75) is 12.8 Å². The molecule has 0 saturated carbocycles. The van der Waals surface area contributed by atoms with Crippen LogP contribution in [0, 0.1) is 18.3 Å². The molecule has 0 heterocycles. The summed E-state index contributed by atoms with van der Waals surface area (Å²) >= 11 is 0. The minimum Gasteiger partial charge on any atom is -0.192 e. The van der Waals surface area contributed by atoms with E-state index in [0.717, 1.165) is 18.4 Å². The molecule has 0 saturated heterocycles. The van der Waals surface area contributed by atoms with Crippen LogP contribution in [0.1, 0.15) is 17.5 Å². The van der Waals surface area contributed by atoms with Gasteiger partial charge in [0.05, 0.1) is 11.6 Å². The average Bonchev–Trinajstić information content (AvgIpc) is 2.07. The Hall–Kier alpha value is -1.29. The van der Waals surface area contributed by atoms with Crippen LogP contribution in [-0.4, -0.2) is 0 Å². The van der Waals surface area contributed by atoms with Gasteiger partial charge in [0.2, 0.25) is 0 Å². The van der Waals surface area contributed by atoms with Crippen molar-refractivity contribution in [3.05, 3.63) is 42.3 Å². The summed E-state index contributed by atoms with van der Waals surface area (Å²) in [6, 6.07) is 9.71. The molecule has 0 atom stereocenters. The SMILES string of the molecule is [CH2]CCc1ccc(C#N)cc1. The van der Waals surface area contributed by atoms with E-state index in [9.17, 15) is 0 Å². The van der Waals surface area contributed by atoms with Crippen molar-refractivity contribution in [1.29, 1.82) is 5.26 Å². The van der Waals surface area contributed by atoms with Crippen LogP contribution in [0.2, 0.25) is 0 Å². The second-order valence-corrected chi connectivity index (χ2v) is 2.41. The predicted molar refractivity (Wildman–Crippen MR) is 44.8 cm³/mol. The summed E-state index contributed by atoms with van der Waals surface area (Å²) in [5.74, 6) is 0. The van der Waals surface area contributed by atoms with Crippen LogP contribution in [0.15, 0.2) is 24.3 Å². The first-order valence-corrected chi connectivity index (χ1v) is 3.65. The smallest absolute Gasteiger partial charge is 0.0991 e. The van der Waals surface area contributed by atoms with Gasteiger partial charge in [-0.15, -0.1) is 0 Å². The third kappa shape index (κ3) is 2.09. The average molecular weight is 144 g/mol. The molecule has 0 N–H and O–H groups in total. The molecule has 0 unspecified atom stereocenters. The van der Waals surface area contributed by atoms with Crippen molar-refractivity contribution < 1.29 is 0 Å². The fourth-order valence-electron chi connectivity index (χ4n) is 0.950. The standard InChI is InChI=1S/C10H10N/c1-2-3-9-4-6-10(8-11)7-5-9/h4-7H,1-3H2. The lowest BCUT2D eigenvalue weighted by Gasteiger charge is -1.96. The van der Waals surface area contributed by atoms with Crippen molar-refractivity contribution >= 4 is 0 Å². The summed E-state index contributed by atoms with van der Waals surface area (Å²) in [6.07, 6.45) is 1.90. The molecule has 1 nitrogen and oxygen atoms in total. The minimum atomic E-state index is 0.720. The van der Waals surface area contributed by atoms with E-state index < -0.39 is 0 Å². The molecule has 0 aliphatic carbocycles. The Labute approximate surface area is 67.3 Å². The van der Waals surface area contributed by atoms with Gasteiger partial charge in [-0.3, -0.25) is 0 Å². The first kappa shape index (κ1) is 7.81. The number of aryl methyl sites for hydroxylation is 1. The molecule has 0 aliphatic rings. The second kappa shape index (κ2) is 3.78. The van der Waals surface area contributed by atoms with Crippen molar-refractivity contribution in [2.24, 2.45) is 0 Å². The predicted octanol–water partition coefficient (Wildman–Crippen LogP) is 2.32. The third-order valence-corrected chi connectivity index (χ3v) is 1.55. The molecule has 1 aromatic rings. The van der Waals surface area contributed by atoms with Gasteiger partial charge in [0.1, 0.15) is 0 Å². The number of hydrogen-bond donors (Lipinski definition) is 0. The zero-order valence-corrected chi connectivity index (χ0v) is 6.38. The molecular formula is C10H10N. The normalized spacial score (nSPS) is 9.09. The molecule has 1 radical (unpaired) electrons. The van der Waals surface area contributed by atoms with Gasteiger partial charge in [-0.2, -0.15) is 5.26 Å². The number of nitriles is 1. The van der Waals surface area contributed by atoms with E-state index >= 15 is 0 Å². The van der Waals surface area contributed by atoms with Crippen molar-refractivity contribution in [1.82, 2.24) is 0 Å². The lowest BCUT2D eigenvalue weighted by Crippen LogP contribution is -1.82. The maximum Gasteiger partial charge on any atom is 0.0991 e. The van der Waals surface area contributed by atoms with Crippen LogP contribution in [0.3, 0.4) is 0 Å². The summed E-state index contributed by atoms with van der Waals surface area (Å²) in [5, 5.41) is 8.50. The highest BCUT2D eigenvalue weighted by atomic mass is 14.2. The summed E-state index contributed by atoms with van der Waals surface area (Å²) in [7, 11) is 0. The van der Waals surface area contributed by atoms with Gasteiger partial charge in [-0.25, -0.2) is 0 Å². The molecule has 0 amide bonds. The van der Waals surface area contributed by atoms with Crippen molar-refractivity contribution in [2.75, 3.05) is 0 Å². The highest BCUT2D eigenvalue weighted by Gasteiger charge is 1.90. The molecule has 1 aromatic carbocycles. The van der Waals surface area contributed by atoms with Crippen LogP contribution in [0.25, 0.3) is 0 Å². The summed E-state index contributed by atoms with van der Waals surface area (Å²) in [6.45, 7) is 3.76. The largest absolute Gasteiger partial charge is 0.192 e. The Kier molecular flexibility index (Phi) is 2.68. The van der Waals surface area contributed by atoms with Gasteiger partial charge in [0.15, 0.2) is 0 Å². The van der Waals surface area contributed by atoms with Gasteiger partial charge in [-0.05, 0) is 30.5 Å². The number of hydrogen-bond acceptors (Lipinski definition) is 1. The first-order valence-electron chi connectivity index (χ1n) is 3.65. The molecule has 0 spiro atoms. The van der Waals surface area contributed by atoms with Crippen molar-refractivity contribution in [3.8, 4) is 6.07 Å². The van der Waals surface area contributed by atoms with Crippen LogP contribution in [-0.2, 0) is 6.42 Å². The lowest BCUT2D eigenvalue weighted by atomic mass is 10.1. The molecule has 0 aromatic heterocycles. The van der Waals surface area contributed by atoms with Gasteiger partial charge < -0.3 is 0 Å². The highest BCUT2D eigenvalue weighted by Crippen LogP contribution is 2.04. The van der Waals surface area contributed by atoms with Crippen LogP contribution >= 0.6 is 0 Å². The van der Waals surface area contributed by atoms with Crippen LogP contribution in [0.4, 0.5) is 0 Å². The van der Waals surface area contributed by atoms with E-state index in [2.05, 4.69) is 13.0 Å². The quantitative estimate of drug-likeness (QED) is 0.625. The maximum atomic E-state index is 8.50. The Morgan fingerprint density at radius 3 is 2.36 bits per heavy atom. The number of rotatable bonds is 2. The molecule has 1 rings (SSSR count). The molecule has 1 heteroatoms. The minimum absolute atomic E-state index is 0.720. The fraction of sp³-hybridized carbons (Fsp3) is 0.200. The lowest BCUT2D eigenvalue weighted by molar-refractivity contribution is 0.999. The number of nitrogens with zero attached hydrogens (tertiary/aromatic N) is 1. The molecule has 55 valence electrons. The van der Waals surface area contributed by atoms with Gasteiger partial charge in [0, 0.05) is 0 Å². The van der Waals surface area contributed by atoms with E-state index in [1.54, 1.807) is 0 Å². The monoisotopic (exact) mass is 144 g/mol. The second-order valence-electron chi connectivity index (χ2n) is 2.41. The Morgan fingerprint density at radius 1 is 1.27 bits per heavy atom. The summed E-state index contributed by atoms with van der Waals surface area (Å²) in [4.78, 5) is 0. The zero-order chi connectivity index (χ0) is 8.10. The van der Waals surface area contributed by atoms with Gasteiger partial charge in [0.25, 0.3) is 0 Å². The van der Waals surface area contributed by atoms with Crippen LogP contribution in [0.5, 0.6) is 0 Å². The molecule has 0 aliphatic heterocycles. The van der Waals surface area contributed by atoms with Gasteiger partial charge >= 0.3 is 0 Å². The van der Waals surface area contributed by atoms with E-state index in [-0.39, 0.29) is 0 Å². The molecule has 0 bridgehead atoms. The van der Waals surface area contributed by atoms with Gasteiger partial charge in [-0.1, -0.05) is 19.1 Å². The van der Waals surface area contributed by atoms with Crippen LogP contribution < -0.4 is 0 Å². The Morgan fingerprint density at radius 2 is 1.91 bits per heavy atom. The molecule has 11 heavy (non-hydrogen) atoms.